The summed E-state index contributed by atoms with van der Waals surface area (Å²) in [6.45, 7) is 15.2. The lowest BCUT2D eigenvalue weighted by molar-refractivity contribution is -0.120. The second-order valence-electron chi connectivity index (χ2n) is 23.0. The highest BCUT2D eigenvalue weighted by atomic mass is 16.6. The third kappa shape index (κ3) is 12.1. The van der Waals surface area contributed by atoms with Crippen molar-refractivity contribution >= 4 is 35.2 Å². The van der Waals surface area contributed by atoms with Crippen LogP contribution in [0.15, 0.2) is 101 Å². The van der Waals surface area contributed by atoms with Gasteiger partial charge >= 0.3 is 12.2 Å². The molecule has 3 fully saturated rings. The molecule has 15 heteroatoms. The number of rotatable bonds is 9. The largest absolute Gasteiger partial charge is 0.446 e. The third-order valence-electron chi connectivity index (χ3n) is 18.3. The van der Waals surface area contributed by atoms with Crippen LogP contribution in [0, 0.1) is 40.4 Å². The number of aliphatic hydroxyl groups is 1. The van der Waals surface area contributed by atoms with Gasteiger partial charge in [0.15, 0.2) is 11.9 Å². The third-order valence-corrected chi connectivity index (χ3v) is 18.3. The number of pyridine rings is 1. The Morgan fingerprint density at radius 2 is 1.71 bits per heavy atom. The van der Waals surface area contributed by atoms with Gasteiger partial charge in [-0.25, -0.2) is 9.59 Å². The van der Waals surface area contributed by atoms with Crippen LogP contribution in [0.3, 0.4) is 0 Å². The van der Waals surface area contributed by atoms with Crippen molar-refractivity contribution in [1.29, 1.82) is 0 Å². The van der Waals surface area contributed by atoms with Crippen molar-refractivity contribution in [3.63, 3.8) is 0 Å². The number of carbonyl (C=O) groups excluding carboxylic acids is 5. The monoisotopic (exact) mass is 1030 g/mol. The van der Waals surface area contributed by atoms with Crippen LogP contribution in [0.5, 0.6) is 0 Å². The second-order valence-corrected chi connectivity index (χ2v) is 23.0. The summed E-state index contributed by atoms with van der Waals surface area (Å²) in [5.41, 5.74) is 11.5. The summed E-state index contributed by atoms with van der Waals surface area (Å²) in [4.78, 5) is 76.0. The maximum Gasteiger partial charge on any atom is 0.410 e. The molecule has 406 valence electrons. The van der Waals surface area contributed by atoms with Gasteiger partial charge < -0.3 is 40.0 Å². The number of hydrogen-bond donors (Lipinski definition) is 3. The summed E-state index contributed by atoms with van der Waals surface area (Å²) >= 11 is 0. The molecule has 15 nitrogen and oxygen atoms in total. The standard InChI is InChI=1S/C60H81N5O10/c1-36-30-45-43(50(66)34-49(54(45)68)63-56(69)37(2)12-9-15-51(72-7)55(75-57(61)70)39(4)32-38(3)53(67)52(31-36)73-8)14-11-25-64-26-28-65(29-27-64)58(71)74-42-20-22-59(5)41(33-42)16-17-44-47-19-18-46(40-13-10-24-62-35-40)60(47,6)23-21-48(44)59/h9-10,12-13,15-16,18,24,32,34-36,38,42,44,47-48,51-53,55,67H,11,14,17,19-23,25-31,33H2,1-8H3,(H2,61,70)(H,63,69)/b15-9-,37-12+,39-32+/t36-,38+,42+,44+,47+,48+,51+,52+,53+,55+,59+,60-/m1/s1. The van der Waals surface area contributed by atoms with E-state index in [2.05, 4.69) is 47.3 Å². The van der Waals surface area contributed by atoms with Crippen molar-refractivity contribution in [2.75, 3.05) is 46.9 Å². The fourth-order valence-electron chi connectivity index (χ4n) is 14.0. The minimum atomic E-state index is -1.00. The molecule has 12 atom stereocenters. The van der Waals surface area contributed by atoms with Crippen LogP contribution in [0.4, 0.5) is 9.59 Å². The van der Waals surface area contributed by atoms with Crippen LogP contribution < -0.4 is 11.1 Å². The van der Waals surface area contributed by atoms with Gasteiger partial charge in [-0.05, 0) is 142 Å². The van der Waals surface area contributed by atoms with E-state index in [1.807, 2.05) is 37.2 Å². The zero-order chi connectivity index (χ0) is 53.8. The van der Waals surface area contributed by atoms with Gasteiger partial charge in [-0.3, -0.25) is 24.3 Å². The summed E-state index contributed by atoms with van der Waals surface area (Å²) in [7, 11) is 2.96. The van der Waals surface area contributed by atoms with E-state index in [1.54, 1.807) is 32.1 Å². The smallest absolute Gasteiger partial charge is 0.410 e. The highest BCUT2D eigenvalue weighted by Crippen LogP contribution is 2.66. The molecule has 7 aliphatic rings. The zero-order valence-electron chi connectivity index (χ0n) is 45.5. The zero-order valence-corrected chi connectivity index (χ0v) is 45.5. The van der Waals surface area contributed by atoms with Crippen LogP contribution in [0.1, 0.15) is 118 Å². The molecule has 0 spiro atoms. The molecule has 75 heavy (non-hydrogen) atoms. The Labute approximate surface area is 443 Å². The van der Waals surface area contributed by atoms with Gasteiger partial charge in [0.1, 0.15) is 12.2 Å². The van der Waals surface area contributed by atoms with E-state index in [9.17, 15) is 29.1 Å². The summed E-state index contributed by atoms with van der Waals surface area (Å²) in [5, 5.41) is 14.3. The molecule has 0 unspecified atom stereocenters. The quantitative estimate of drug-likeness (QED) is 0.157. The number of primary amides is 1. The number of allylic oxidation sites excluding steroid dienone is 8. The number of ether oxygens (including phenoxy) is 4. The Morgan fingerprint density at radius 1 is 0.947 bits per heavy atom. The Kier molecular flexibility index (Phi) is 17.7. The van der Waals surface area contributed by atoms with E-state index in [4.69, 9.17) is 24.7 Å². The van der Waals surface area contributed by atoms with Crippen molar-refractivity contribution in [3.05, 3.63) is 106 Å². The van der Waals surface area contributed by atoms with E-state index in [0.717, 1.165) is 32.1 Å². The molecule has 3 heterocycles. The summed E-state index contributed by atoms with van der Waals surface area (Å²) in [5.74, 6) is -0.0883. The van der Waals surface area contributed by atoms with Crippen LogP contribution >= 0.6 is 0 Å². The normalized spacial score (nSPS) is 36.0. The van der Waals surface area contributed by atoms with Crippen LogP contribution in [-0.4, -0.2) is 127 Å². The molecule has 2 aliphatic heterocycles. The molecule has 0 radical (unpaired) electrons. The van der Waals surface area contributed by atoms with E-state index >= 15 is 0 Å². The van der Waals surface area contributed by atoms with Crippen molar-refractivity contribution in [2.45, 2.75) is 143 Å². The lowest BCUT2D eigenvalue weighted by Crippen LogP contribution is -2.51. The number of piperazine rings is 1. The number of methoxy groups -OCH3 is 2. The van der Waals surface area contributed by atoms with Gasteiger partial charge in [-0.2, -0.15) is 0 Å². The maximum atomic E-state index is 14.3. The minimum absolute atomic E-state index is 0.101. The molecule has 1 aromatic heterocycles. The van der Waals surface area contributed by atoms with Gasteiger partial charge in [0, 0.05) is 87.9 Å². The molecule has 2 saturated carbocycles. The average Bonchev–Trinajstić information content (AvgIpc) is 3.78. The summed E-state index contributed by atoms with van der Waals surface area (Å²) < 4.78 is 23.2. The number of fused-ring (bicyclic) bond motifs is 7. The number of ketones is 2. The van der Waals surface area contributed by atoms with Gasteiger partial charge in [-0.15, -0.1) is 0 Å². The van der Waals surface area contributed by atoms with Gasteiger partial charge in [0.25, 0.3) is 5.91 Å². The molecule has 5 aliphatic carbocycles. The van der Waals surface area contributed by atoms with Crippen molar-refractivity contribution in [3.8, 4) is 0 Å². The van der Waals surface area contributed by atoms with E-state index in [1.165, 1.54) is 55.9 Å². The van der Waals surface area contributed by atoms with E-state index in [0.29, 0.717) is 86.5 Å². The van der Waals surface area contributed by atoms with E-state index < -0.39 is 48.1 Å². The predicted octanol–water partition coefficient (Wildman–Crippen LogP) is 8.76. The van der Waals surface area contributed by atoms with Crippen LogP contribution in [0.25, 0.3) is 5.57 Å². The van der Waals surface area contributed by atoms with Crippen molar-refractivity contribution in [2.24, 2.45) is 46.2 Å². The first-order valence-corrected chi connectivity index (χ1v) is 27.4. The molecule has 2 bridgehead atoms. The first kappa shape index (κ1) is 55.7. The maximum absolute atomic E-state index is 14.3. The van der Waals surface area contributed by atoms with Gasteiger partial charge in [0.05, 0.1) is 17.9 Å². The molecule has 1 aromatic rings. The lowest BCUT2D eigenvalue weighted by Gasteiger charge is -2.58. The van der Waals surface area contributed by atoms with Crippen molar-refractivity contribution in [1.82, 2.24) is 20.1 Å². The number of aliphatic hydroxyl groups excluding tert-OH is 1. The summed E-state index contributed by atoms with van der Waals surface area (Å²) in [6.07, 6.45) is 20.7. The topological polar surface area (TPSA) is 200 Å². The highest BCUT2D eigenvalue weighted by Gasteiger charge is 2.57. The number of nitrogens with zero attached hydrogens (tertiary/aromatic N) is 3. The van der Waals surface area contributed by atoms with Gasteiger partial charge in [0.2, 0.25) is 5.78 Å². The summed E-state index contributed by atoms with van der Waals surface area (Å²) in [6, 6.07) is 4.26. The minimum Gasteiger partial charge on any atom is -0.446 e. The van der Waals surface area contributed by atoms with Crippen LogP contribution in [-0.2, 0) is 33.3 Å². The molecule has 8 rings (SSSR count). The predicted molar refractivity (Wildman–Crippen MR) is 286 cm³/mol. The van der Waals surface area contributed by atoms with Crippen LogP contribution in [0.2, 0.25) is 0 Å². The number of nitrogens with two attached hydrogens (primary N) is 1. The fraction of sp³-hybridized carbons (Fsp3) is 0.600. The number of aromatic nitrogens is 1. The molecule has 4 N–H and O–H groups in total. The molecule has 0 aromatic carbocycles. The Balaban J connectivity index is 0.870. The number of Topliss-reactive ketones (excluding diaryl/α,β-unsaturated/α-hetero) is 1. The number of carbonyl (C=O) groups is 5. The molecule has 3 amide bonds. The number of amides is 3. The average molecular weight is 1030 g/mol. The SMILES string of the molecule is CO[C@H]1/C=C\C=C(/C)C(=O)NC2=CC(=O)C(CCCN3CCN(C(=O)O[C@H]4CC[C@@]5(C)C(=CC[C@@H]6[C@@H]5CC[C@]5(C)C(c7cccnc7)=CC[C@@H]65)C4)CC3)=C(C[C@@H](C)C[C@H](OC)[C@@H](O)[C@@H](C)/C=C(\C)[C@@H]1OC(N)=O)C2=O. The van der Waals surface area contributed by atoms with E-state index in [-0.39, 0.29) is 52.4 Å². The first-order valence-electron chi connectivity index (χ1n) is 27.4. The Bertz CT molecular complexity index is 2560. The molecular formula is C60H81N5O10. The lowest BCUT2D eigenvalue weighted by atomic mass is 9.47. The first-order chi connectivity index (χ1) is 35.8. The van der Waals surface area contributed by atoms with Gasteiger partial charge in [-0.1, -0.05) is 75.8 Å². The fourth-order valence-corrected chi connectivity index (χ4v) is 14.0. The second kappa shape index (κ2) is 23.8. The highest BCUT2D eigenvalue weighted by molar-refractivity contribution is 6.23. The Hall–Kier alpha value is -5.48. The Morgan fingerprint density at radius 3 is 2.41 bits per heavy atom. The number of hydrogen-bond acceptors (Lipinski definition) is 12. The molecular weight excluding hydrogens is 951 g/mol. The molecule has 1 saturated heterocycles. The number of nitrogens with one attached hydrogen (secondary N) is 1. The van der Waals surface area contributed by atoms with Crippen molar-refractivity contribution < 1.29 is 48.0 Å².